The predicted molar refractivity (Wildman–Crippen MR) is 77.4 cm³/mol. The molecule has 128 valence electrons. The third kappa shape index (κ3) is 1.78. The van der Waals surface area contributed by atoms with Gasteiger partial charge in [0, 0.05) is 19.7 Å². The number of hydrogen-bond donors (Lipinski definition) is 0. The van der Waals surface area contributed by atoms with Crippen LogP contribution in [0.1, 0.15) is 18.5 Å². The molecular weight excluding hydrogens is 323 g/mol. The molecule has 5 rings (SSSR count). The van der Waals surface area contributed by atoms with Gasteiger partial charge in [-0.05, 0) is 30.6 Å². The Morgan fingerprint density at radius 2 is 2.08 bits per heavy atom. The summed E-state index contributed by atoms with van der Waals surface area (Å²) < 4.78 is 46.8. The van der Waals surface area contributed by atoms with Crippen LogP contribution in [0, 0.1) is 17.8 Å². The van der Waals surface area contributed by atoms with Crippen molar-refractivity contribution in [3.8, 4) is 0 Å². The highest BCUT2D eigenvalue weighted by Gasteiger charge is 2.60. The molecule has 5 atom stereocenters. The minimum absolute atomic E-state index is 0.0254. The first kappa shape index (κ1) is 14.4. The zero-order valence-electron chi connectivity index (χ0n) is 12.9. The van der Waals surface area contributed by atoms with Crippen molar-refractivity contribution >= 4 is 11.6 Å². The molecule has 0 amide bonds. The van der Waals surface area contributed by atoms with Gasteiger partial charge >= 0.3 is 6.18 Å². The van der Waals surface area contributed by atoms with Gasteiger partial charge in [-0.15, -0.1) is 0 Å². The maximum Gasteiger partial charge on any atom is 0.433 e. The van der Waals surface area contributed by atoms with E-state index in [0.29, 0.717) is 23.6 Å². The monoisotopic (exact) mass is 339 g/mol. The predicted octanol–water partition coefficient (Wildman–Crippen LogP) is 2.00. The van der Waals surface area contributed by atoms with Crippen molar-refractivity contribution in [1.82, 2.24) is 19.6 Å². The van der Waals surface area contributed by atoms with E-state index in [1.165, 1.54) is 10.8 Å². The van der Waals surface area contributed by atoms with Crippen molar-refractivity contribution in [3.05, 3.63) is 18.1 Å². The molecule has 6 nitrogen and oxygen atoms in total. The number of aromatic nitrogens is 4. The molecule has 0 radical (unpaired) electrons. The van der Waals surface area contributed by atoms with Gasteiger partial charge in [0.25, 0.3) is 5.78 Å². The Hall–Kier alpha value is -1.90. The highest BCUT2D eigenvalue weighted by Crippen LogP contribution is 2.56. The molecule has 3 aliphatic rings. The number of nitrogens with zero attached hydrogens (tertiary/aromatic N) is 5. The van der Waals surface area contributed by atoms with Gasteiger partial charge in [-0.1, -0.05) is 0 Å². The number of fused-ring (bicyclic) bond motifs is 2. The van der Waals surface area contributed by atoms with Crippen molar-refractivity contribution in [3.63, 3.8) is 0 Å². The van der Waals surface area contributed by atoms with E-state index in [1.54, 1.807) is 7.11 Å². The second-order valence-corrected chi connectivity index (χ2v) is 6.97. The van der Waals surface area contributed by atoms with Crippen LogP contribution in [0.5, 0.6) is 0 Å². The number of ether oxygens (including phenoxy) is 1. The van der Waals surface area contributed by atoms with Gasteiger partial charge in [-0.3, -0.25) is 0 Å². The van der Waals surface area contributed by atoms with Gasteiger partial charge in [0.05, 0.1) is 12.1 Å². The van der Waals surface area contributed by atoms with Gasteiger partial charge in [-0.2, -0.15) is 27.8 Å². The number of hydrogen-bond acceptors (Lipinski definition) is 5. The van der Waals surface area contributed by atoms with Crippen molar-refractivity contribution in [2.24, 2.45) is 17.8 Å². The summed E-state index contributed by atoms with van der Waals surface area (Å²) in [5.41, 5.74) is -0.930. The smallest absolute Gasteiger partial charge is 0.379 e. The second kappa shape index (κ2) is 4.59. The molecule has 2 bridgehead atoms. The SMILES string of the molecule is COC1C2CC3CN(c4cc(C(F)(F)F)nc5ncnn45)C1C3C2. The summed E-state index contributed by atoms with van der Waals surface area (Å²) >= 11 is 0. The lowest BCUT2D eigenvalue weighted by atomic mass is 9.88. The third-order valence-corrected chi connectivity index (χ3v) is 5.91. The van der Waals surface area contributed by atoms with Crippen LogP contribution in [0.15, 0.2) is 12.4 Å². The zero-order chi connectivity index (χ0) is 16.6. The number of alkyl halides is 3. The molecule has 3 heterocycles. The largest absolute Gasteiger partial charge is 0.433 e. The van der Waals surface area contributed by atoms with E-state index in [2.05, 4.69) is 15.1 Å². The molecule has 2 aliphatic carbocycles. The fourth-order valence-electron chi connectivity index (χ4n) is 5.13. The summed E-state index contributed by atoms with van der Waals surface area (Å²) in [6.45, 7) is 0.738. The maximum absolute atomic E-state index is 13.2. The standard InChI is InChI=1S/C15H16F3N5O/c1-24-13-7-2-8-5-22(12(13)9(8)3-7)11-4-10(15(16,17)18)21-14-19-6-20-23(11)14/h4,6-9,12-13H,2-3,5H2,1H3. The number of halogens is 3. The molecule has 2 aromatic rings. The van der Waals surface area contributed by atoms with Crippen molar-refractivity contribution in [2.75, 3.05) is 18.6 Å². The Labute approximate surface area is 135 Å². The number of methoxy groups -OCH3 is 1. The fourth-order valence-corrected chi connectivity index (χ4v) is 5.13. The zero-order valence-corrected chi connectivity index (χ0v) is 12.9. The third-order valence-electron chi connectivity index (χ3n) is 5.91. The Morgan fingerprint density at radius 1 is 1.25 bits per heavy atom. The van der Waals surface area contributed by atoms with Gasteiger partial charge in [0.2, 0.25) is 0 Å². The highest BCUT2D eigenvalue weighted by atomic mass is 19.4. The van der Waals surface area contributed by atoms with Crippen LogP contribution >= 0.6 is 0 Å². The lowest BCUT2D eigenvalue weighted by Gasteiger charge is -2.32. The summed E-state index contributed by atoms with van der Waals surface area (Å²) in [4.78, 5) is 9.50. The van der Waals surface area contributed by atoms with Gasteiger partial charge in [0.1, 0.15) is 12.1 Å². The van der Waals surface area contributed by atoms with Crippen molar-refractivity contribution in [1.29, 1.82) is 0 Å². The minimum Gasteiger partial charge on any atom is -0.379 e. The first-order valence-electron chi connectivity index (χ1n) is 8.05. The average molecular weight is 339 g/mol. The van der Waals surface area contributed by atoms with Gasteiger partial charge < -0.3 is 9.64 Å². The second-order valence-electron chi connectivity index (χ2n) is 6.97. The lowest BCUT2D eigenvalue weighted by Crippen LogP contribution is -2.42. The van der Waals surface area contributed by atoms with Gasteiger partial charge in [0.15, 0.2) is 5.69 Å². The summed E-state index contributed by atoms with van der Waals surface area (Å²) in [5, 5.41) is 4.08. The molecule has 1 saturated heterocycles. The van der Waals surface area contributed by atoms with Crippen LogP contribution in [-0.2, 0) is 10.9 Å². The molecule has 3 fully saturated rings. The fraction of sp³-hybridized carbons (Fsp3) is 0.667. The maximum atomic E-state index is 13.2. The first-order chi connectivity index (χ1) is 11.5. The lowest BCUT2D eigenvalue weighted by molar-refractivity contribution is -0.141. The molecular formula is C15H16F3N5O. The van der Waals surface area contributed by atoms with Crippen LogP contribution in [0.25, 0.3) is 5.78 Å². The molecule has 5 unspecified atom stereocenters. The van der Waals surface area contributed by atoms with E-state index in [4.69, 9.17) is 4.74 Å². The van der Waals surface area contributed by atoms with Crippen molar-refractivity contribution in [2.45, 2.75) is 31.2 Å². The molecule has 1 aliphatic heterocycles. The van der Waals surface area contributed by atoms with E-state index >= 15 is 0 Å². The summed E-state index contributed by atoms with van der Waals surface area (Å²) in [6, 6.07) is 1.20. The summed E-state index contributed by atoms with van der Waals surface area (Å²) in [7, 11) is 1.69. The average Bonchev–Trinajstić information content (AvgIpc) is 3.24. The van der Waals surface area contributed by atoms with Crippen LogP contribution < -0.4 is 4.90 Å². The van der Waals surface area contributed by atoms with Gasteiger partial charge in [-0.25, -0.2) is 4.98 Å². The molecule has 24 heavy (non-hydrogen) atoms. The minimum atomic E-state index is -4.51. The summed E-state index contributed by atoms with van der Waals surface area (Å²) in [5.74, 6) is 1.90. The highest BCUT2D eigenvalue weighted by molar-refractivity contribution is 5.51. The van der Waals surface area contributed by atoms with E-state index in [0.717, 1.165) is 25.5 Å². The summed E-state index contributed by atoms with van der Waals surface area (Å²) in [6.07, 6.45) is -1.02. The molecule has 0 spiro atoms. The van der Waals surface area contributed by atoms with Crippen LogP contribution in [0.4, 0.5) is 19.0 Å². The number of anilines is 1. The molecule has 9 heteroatoms. The van der Waals surface area contributed by atoms with E-state index in [1.807, 2.05) is 4.90 Å². The first-order valence-corrected chi connectivity index (χ1v) is 8.05. The van der Waals surface area contributed by atoms with E-state index < -0.39 is 11.9 Å². The number of rotatable bonds is 2. The molecule has 2 saturated carbocycles. The molecule has 0 aromatic carbocycles. The Morgan fingerprint density at radius 3 is 2.83 bits per heavy atom. The van der Waals surface area contributed by atoms with Crippen LogP contribution in [0.2, 0.25) is 0 Å². The molecule has 0 N–H and O–H groups in total. The Balaban J connectivity index is 1.65. The van der Waals surface area contributed by atoms with Crippen LogP contribution in [-0.4, -0.2) is 45.4 Å². The van der Waals surface area contributed by atoms with Crippen molar-refractivity contribution < 1.29 is 17.9 Å². The Bertz CT molecular complexity index is 804. The van der Waals surface area contributed by atoms with E-state index in [9.17, 15) is 13.2 Å². The topological polar surface area (TPSA) is 55.5 Å². The van der Waals surface area contributed by atoms with E-state index in [-0.39, 0.29) is 17.9 Å². The van der Waals surface area contributed by atoms with Crippen LogP contribution in [0.3, 0.4) is 0 Å². The quantitative estimate of drug-likeness (QED) is 0.838. The molecule has 2 aromatic heterocycles. The Kier molecular flexibility index (Phi) is 2.76. The normalized spacial score (nSPS) is 34.7.